The minimum atomic E-state index is -0.876. The van der Waals surface area contributed by atoms with E-state index in [2.05, 4.69) is 15.9 Å². The molecule has 2 N–H and O–H groups in total. The summed E-state index contributed by atoms with van der Waals surface area (Å²) >= 11 is 3.38. The lowest BCUT2D eigenvalue weighted by Gasteiger charge is -2.13. The highest BCUT2D eigenvalue weighted by atomic mass is 79.9. The minimum Gasteiger partial charge on any atom is -0.330 e. The predicted octanol–water partition coefficient (Wildman–Crippen LogP) is 2.69. The second kappa shape index (κ2) is 4.98. The maximum atomic E-state index is 12.1. The van der Waals surface area contributed by atoms with E-state index in [4.69, 9.17) is 5.73 Å². The van der Waals surface area contributed by atoms with Gasteiger partial charge in [0.2, 0.25) is 0 Å². The van der Waals surface area contributed by atoms with Crippen molar-refractivity contribution in [3.05, 3.63) is 28.7 Å². The Morgan fingerprint density at radius 2 is 1.94 bits per heavy atom. The van der Waals surface area contributed by atoms with Gasteiger partial charge in [-0.3, -0.25) is 4.21 Å². The summed E-state index contributed by atoms with van der Waals surface area (Å²) in [6, 6.07) is 7.74. The minimum absolute atomic E-state index is 0.284. The van der Waals surface area contributed by atoms with Gasteiger partial charge in [0.05, 0.1) is 10.8 Å². The topological polar surface area (TPSA) is 43.1 Å². The fourth-order valence-corrected chi connectivity index (χ4v) is 3.76. The molecule has 1 atom stereocenters. The van der Waals surface area contributed by atoms with Crippen LogP contribution in [0, 0.1) is 5.41 Å². The zero-order valence-corrected chi connectivity index (χ0v) is 11.5. The molecule has 2 nitrogen and oxygen atoms in total. The van der Waals surface area contributed by atoms with Crippen molar-refractivity contribution in [1.29, 1.82) is 0 Å². The Kier molecular flexibility index (Phi) is 3.82. The number of nitrogens with two attached hydrogens (primary N) is 1. The van der Waals surface area contributed by atoms with Gasteiger partial charge in [-0.1, -0.05) is 15.9 Å². The summed E-state index contributed by atoms with van der Waals surface area (Å²) in [6.07, 6.45) is 3.38. The maximum Gasteiger partial charge on any atom is 0.0535 e. The first-order valence-corrected chi connectivity index (χ1v) is 7.60. The number of hydrogen-bond acceptors (Lipinski definition) is 2. The lowest BCUT2D eigenvalue weighted by Crippen LogP contribution is -2.16. The zero-order chi connectivity index (χ0) is 11.6. The van der Waals surface area contributed by atoms with E-state index in [0.717, 1.165) is 21.5 Å². The smallest absolute Gasteiger partial charge is 0.0535 e. The molecular weight excluding hydrogens is 286 g/mol. The number of rotatable bonds is 5. The number of halogens is 1. The molecule has 0 radical (unpaired) electrons. The third-order valence-corrected chi connectivity index (χ3v) is 5.35. The first kappa shape index (κ1) is 12.3. The van der Waals surface area contributed by atoms with Crippen molar-refractivity contribution in [2.75, 3.05) is 12.3 Å². The molecule has 1 aliphatic carbocycles. The molecular formula is C12H16BrNOS. The molecule has 0 bridgehead atoms. The number of benzene rings is 1. The molecule has 1 saturated carbocycles. The SMILES string of the molecule is NCCC1(CS(=O)c2ccc(Br)cc2)CC1. The van der Waals surface area contributed by atoms with Crippen molar-refractivity contribution in [2.45, 2.75) is 24.2 Å². The highest BCUT2D eigenvalue weighted by molar-refractivity contribution is 9.10. The predicted molar refractivity (Wildman–Crippen MR) is 70.8 cm³/mol. The molecule has 16 heavy (non-hydrogen) atoms. The Labute approximate surface area is 107 Å². The quantitative estimate of drug-likeness (QED) is 0.908. The molecule has 0 saturated heterocycles. The van der Waals surface area contributed by atoms with Crippen LogP contribution in [0.25, 0.3) is 0 Å². The summed E-state index contributed by atoms with van der Waals surface area (Å²) in [4.78, 5) is 0.923. The molecule has 4 heteroatoms. The van der Waals surface area contributed by atoms with Gasteiger partial charge in [0.1, 0.15) is 0 Å². The van der Waals surface area contributed by atoms with Crippen molar-refractivity contribution in [3.8, 4) is 0 Å². The van der Waals surface area contributed by atoms with E-state index < -0.39 is 10.8 Å². The van der Waals surface area contributed by atoms with E-state index in [9.17, 15) is 4.21 Å². The monoisotopic (exact) mass is 301 g/mol. The van der Waals surface area contributed by atoms with E-state index in [1.54, 1.807) is 0 Å². The van der Waals surface area contributed by atoms with Crippen molar-refractivity contribution in [3.63, 3.8) is 0 Å². The summed E-state index contributed by atoms with van der Waals surface area (Å²) in [7, 11) is -0.876. The number of hydrogen-bond donors (Lipinski definition) is 1. The van der Waals surface area contributed by atoms with Crippen LogP contribution in [-0.4, -0.2) is 16.5 Å². The lowest BCUT2D eigenvalue weighted by atomic mass is 10.1. The third kappa shape index (κ3) is 2.93. The average Bonchev–Trinajstić information content (AvgIpc) is 2.99. The normalized spacial score (nSPS) is 19.4. The molecule has 0 spiro atoms. The van der Waals surface area contributed by atoms with Crippen LogP contribution in [0.3, 0.4) is 0 Å². The van der Waals surface area contributed by atoms with E-state index in [-0.39, 0.29) is 5.41 Å². The van der Waals surface area contributed by atoms with Gasteiger partial charge >= 0.3 is 0 Å². The largest absolute Gasteiger partial charge is 0.330 e. The zero-order valence-electron chi connectivity index (χ0n) is 9.12. The van der Waals surface area contributed by atoms with E-state index in [1.165, 1.54) is 12.8 Å². The average molecular weight is 302 g/mol. The van der Waals surface area contributed by atoms with E-state index in [0.29, 0.717) is 6.54 Å². The van der Waals surface area contributed by atoms with Crippen molar-refractivity contribution >= 4 is 26.7 Å². The second-order valence-electron chi connectivity index (χ2n) is 4.48. The van der Waals surface area contributed by atoms with Gasteiger partial charge in [-0.05, 0) is 55.5 Å². The molecule has 0 heterocycles. The van der Waals surface area contributed by atoms with Gasteiger partial charge in [-0.25, -0.2) is 0 Å². The summed E-state index contributed by atoms with van der Waals surface area (Å²) in [6.45, 7) is 0.706. The molecule has 1 fully saturated rings. The molecule has 0 aliphatic heterocycles. The fraction of sp³-hybridized carbons (Fsp3) is 0.500. The van der Waals surface area contributed by atoms with Crippen molar-refractivity contribution in [1.82, 2.24) is 0 Å². The van der Waals surface area contributed by atoms with E-state index in [1.807, 2.05) is 24.3 Å². The first-order chi connectivity index (χ1) is 7.65. The van der Waals surface area contributed by atoms with E-state index >= 15 is 0 Å². The molecule has 1 aromatic rings. The Hall–Kier alpha value is -0.190. The maximum absolute atomic E-state index is 12.1. The molecule has 1 aromatic carbocycles. The Balaban J connectivity index is 2.00. The van der Waals surface area contributed by atoms with Gasteiger partial charge in [0.25, 0.3) is 0 Å². The highest BCUT2D eigenvalue weighted by Gasteiger charge is 2.43. The van der Waals surface area contributed by atoms with Crippen LogP contribution in [0.4, 0.5) is 0 Å². The Morgan fingerprint density at radius 3 is 2.44 bits per heavy atom. The van der Waals surface area contributed by atoms with Gasteiger partial charge in [-0.2, -0.15) is 0 Å². The van der Waals surface area contributed by atoms with Crippen LogP contribution in [0.1, 0.15) is 19.3 Å². The van der Waals surface area contributed by atoms with Gasteiger partial charge in [0, 0.05) is 15.1 Å². The standard InChI is InChI=1S/C12H16BrNOS/c13-10-1-3-11(4-2-10)16(15)9-12(5-6-12)7-8-14/h1-4H,5-9,14H2. The van der Waals surface area contributed by atoms with Crippen LogP contribution in [0.2, 0.25) is 0 Å². The van der Waals surface area contributed by atoms with Crippen molar-refractivity contribution < 1.29 is 4.21 Å². The summed E-state index contributed by atoms with van der Waals surface area (Å²) < 4.78 is 13.2. The van der Waals surface area contributed by atoms with Gasteiger partial charge in [-0.15, -0.1) is 0 Å². The van der Waals surface area contributed by atoms with Crippen LogP contribution in [0.5, 0.6) is 0 Å². The lowest BCUT2D eigenvalue weighted by molar-refractivity contribution is 0.529. The van der Waals surface area contributed by atoms with Gasteiger partial charge in [0.15, 0.2) is 0 Å². The second-order valence-corrected chi connectivity index (χ2v) is 6.85. The van der Waals surface area contributed by atoms with Crippen LogP contribution in [0.15, 0.2) is 33.6 Å². The summed E-state index contributed by atoms with van der Waals surface area (Å²) in [5.41, 5.74) is 5.87. The molecule has 88 valence electrons. The van der Waals surface area contributed by atoms with Crippen LogP contribution in [-0.2, 0) is 10.8 Å². The first-order valence-electron chi connectivity index (χ1n) is 5.49. The Bertz CT molecular complexity index is 387. The fourth-order valence-electron chi connectivity index (χ4n) is 1.90. The summed E-state index contributed by atoms with van der Waals surface area (Å²) in [5.74, 6) is 0.770. The molecule has 2 rings (SSSR count). The molecule has 0 amide bonds. The summed E-state index contributed by atoms with van der Waals surface area (Å²) in [5, 5.41) is 0. The van der Waals surface area contributed by atoms with Gasteiger partial charge < -0.3 is 5.73 Å². The molecule has 0 aromatic heterocycles. The van der Waals surface area contributed by atoms with Crippen LogP contribution < -0.4 is 5.73 Å². The van der Waals surface area contributed by atoms with Crippen molar-refractivity contribution in [2.24, 2.45) is 11.1 Å². The molecule has 1 aliphatic rings. The molecule has 1 unspecified atom stereocenters. The highest BCUT2D eigenvalue weighted by Crippen LogP contribution is 2.49. The Morgan fingerprint density at radius 1 is 1.31 bits per heavy atom. The van der Waals surface area contributed by atoms with Crippen LogP contribution >= 0.6 is 15.9 Å². The third-order valence-electron chi connectivity index (χ3n) is 3.15.